The van der Waals surface area contributed by atoms with Crippen molar-refractivity contribution in [3.63, 3.8) is 0 Å². The van der Waals surface area contributed by atoms with E-state index >= 15 is 0 Å². The number of nitrogens with zero attached hydrogens (tertiary/aromatic N) is 1. The molecule has 0 fully saturated rings. The van der Waals surface area contributed by atoms with Crippen molar-refractivity contribution in [1.82, 2.24) is 16.0 Å². The van der Waals surface area contributed by atoms with E-state index in [9.17, 15) is 29.1 Å². The molecule has 16 heteroatoms. The lowest BCUT2D eigenvalue weighted by Crippen LogP contribution is -2.57. The number of aliphatic carboxylic acids is 2. The lowest BCUT2D eigenvalue weighted by molar-refractivity contribution is -0.143. The van der Waals surface area contributed by atoms with Gasteiger partial charge in [-0.15, -0.1) is 0 Å². The molecule has 15 N–H and O–H groups in total. The number of unbranched alkanes of at least 4 members (excludes halogenated alkanes) is 2. The Bertz CT molecular complexity index is 822. The first-order valence-corrected chi connectivity index (χ1v) is 13.0. The lowest BCUT2D eigenvalue weighted by Gasteiger charge is -2.25. The number of nitrogens with two attached hydrogens (primary N) is 5. The van der Waals surface area contributed by atoms with Crippen LogP contribution in [-0.2, 0) is 24.0 Å². The van der Waals surface area contributed by atoms with Gasteiger partial charge in [0, 0.05) is 13.0 Å². The van der Waals surface area contributed by atoms with Crippen molar-refractivity contribution >= 4 is 35.6 Å². The van der Waals surface area contributed by atoms with Gasteiger partial charge in [-0.3, -0.25) is 24.2 Å². The van der Waals surface area contributed by atoms with E-state index in [1.54, 1.807) is 0 Å². The van der Waals surface area contributed by atoms with E-state index < -0.39 is 60.2 Å². The molecule has 0 aliphatic rings. The maximum absolute atomic E-state index is 13.1. The average Bonchev–Trinajstić information content (AvgIpc) is 2.86. The first kappa shape index (κ1) is 35.5. The number of rotatable bonds is 22. The quantitative estimate of drug-likeness (QED) is 0.0361. The van der Waals surface area contributed by atoms with Gasteiger partial charge in [-0.05, 0) is 64.5 Å². The largest absolute Gasteiger partial charge is 0.481 e. The molecule has 0 aliphatic carbocycles. The minimum atomic E-state index is -1.37. The van der Waals surface area contributed by atoms with E-state index in [4.69, 9.17) is 33.8 Å². The number of carboxylic acids is 2. The summed E-state index contributed by atoms with van der Waals surface area (Å²) in [4.78, 5) is 65.2. The van der Waals surface area contributed by atoms with Crippen molar-refractivity contribution in [3.05, 3.63) is 0 Å². The molecule has 39 heavy (non-hydrogen) atoms. The molecule has 16 nitrogen and oxygen atoms in total. The number of guanidine groups is 1. The van der Waals surface area contributed by atoms with Crippen molar-refractivity contribution in [2.45, 2.75) is 88.4 Å². The Morgan fingerprint density at radius 3 is 1.67 bits per heavy atom. The van der Waals surface area contributed by atoms with Crippen molar-refractivity contribution in [2.24, 2.45) is 33.7 Å². The van der Waals surface area contributed by atoms with Gasteiger partial charge < -0.3 is 54.8 Å². The summed E-state index contributed by atoms with van der Waals surface area (Å²) in [6.07, 6.45) is 2.37. The fraction of sp³-hybridized carbons (Fsp3) is 0.739. The van der Waals surface area contributed by atoms with Gasteiger partial charge in [0.05, 0.1) is 6.04 Å². The molecule has 0 bridgehead atoms. The van der Waals surface area contributed by atoms with Gasteiger partial charge in [-0.1, -0.05) is 6.42 Å². The minimum Gasteiger partial charge on any atom is -0.481 e. The third-order valence-corrected chi connectivity index (χ3v) is 5.73. The summed E-state index contributed by atoms with van der Waals surface area (Å²) in [6, 6.07) is -4.65. The van der Waals surface area contributed by atoms with Crippen LogP contribution in [0.15, 0.2) is 4.99 Å². The van der Waals surface area contributed by atoms with Crippen molar-refractivity contribution < 1.29 is 34.2 Å². The Labute approximate surface area is 227 Å². The van der Waals surface area contributed by atoms with Crippen molar-refractivity contribution in [3.8, 4) is 0 Å². The van der Waals surface area contributed by atoms with Crippen LogP contribution in [0, 0.1) is 0 Å². The van der Waals surface area contributed by atoms with Gasteiger partial charge in [-0.2, -0.15) is 0 Å². The summed E-state index contributed by atoms with van der Waals surface area (Å²) in [5.41, 5.74) is 27.4. The number of carbonyl (C=O) groups is 5. The molecular formula is C23H45N9O7. The van der Waals surface area contributed by atoms with Crippen LogP contribution in [0.4, 0.5) is 0 Å². The summed E-state index contributed by atoms with van der Waals surface area (Å²) >= 11 is 0. The molecule has 224 valence electrons. The molecule has 0 aromatic rings. The molecule has 4 unspecified atom stereocenters. The monoisotopic (exact) mass is 559 g/mol. The predicted molar refractivity (Wildman–Crippen MR) is 144 cm³/mol. The summed E-state index contributed by atoms with van der Waals surface area (Å²) in [6.45, 7) is 0.960. The van der Waals surface area contributed by atoms with Crippen LogP contribution in [-0.4, -0.2) is 89.6 Å². The molecule has 3 amide bonds. The molecule has 0 aromatic heterocycles. The Morgan fingerprint density at radius 2 is 1.15 bits per heavy atom. The normalized spacial score (nSPS) is 13.8. The fourth-order valence-electron chi connectivity index (χ4n) is 3.52. The molecule has 0 aromatic carbocycles. The van der Waals surface area contributed by atoms with Gasteiger partial charge in [0.25, 0.3) is 0 Å². The summed E-state index contributed by atoms with van der Waals surface area (Å²) in [5.74, 6) is -4.88. The van der Waals surface area contributed by atoms with E-state index in [0.717, 1.165) is 0 Å². The highest BCUT2D eigenvalue weighted by molar-refractivity contribution is 5.94. The van der Waals surface area contributed by atoms with Gasteiger partial charge in [0.2, 0.25) is 17.7 Å². The maximum atomic E-state index is 13.1. The second-order valence-electron chi connectivity index (χ2n) is 9.08. The number of aliphatic imine (C=N–C) groups is 1. The predicted octanol–water partition coefficient (Wildman–Crippen LogP) is -2.97. The highest BCUT2D eigenvalue weighted by atomic mass is 16.4. The Kier molecular flexibility index (Phi) is 18.6. The lowest BCUT2D eigenvalue weighted by atomic mass is 10.0. The SMILES string of the molecule is NCCCCC(N)C(=O)NC(CCCCN)C(=O)NC(CCC(=O)O)C(=O)NC(CCCN=C(N)N)C(=O)O. The third kappa shape index (κ3) is 16.9. The van der Waals surface area contributed by atoms with Crippen molar-refractivity contribution in [2.75, 3.05) is 19.6 Å². The van der Waals surface area contributed by atoms with Gasteiger partial charge in [0.15, 0.2) is 5.96 Å². The van der Waals surface area contributed by atoms with Gasteiger partial charge in [-0.25, -0.2) is 4.79 Å². The van der Waals surface area contributed by atoms with Crippen LogP contribution >= 0.6 is 0 Å². The Hall–Kier alpha value is -3.50. The second-order valence-corrected chi connectivity index (χ2v) is 9.08. The first-order valence-electron chi connectivity index (χ1n) is 13.0. The topological polar surface area (TPSA) is 304 Å². The molecule has 4 atom stereocenters. The highest BCUT2D eigenvalue weighted by Gasteiger charge is 2.30. The van der Waals surface area contributed by atoms with Crippen LogP contribution in [0.25, 0.3) is 0 Å². The van der Waals surface area contributed by atoms with Crippen LogP contribution in [0.5, 0.6) is 0 Å². The van der Waals surface area contributed by atoms with E-state index in [0.29, 0.717) is 45.2 Å². The fourth-order valence-corrected chi connectivity index (χ4v) is 3.52. The summed E-state index contributed by atoms with van der Waals surface area (Å²) in [5, 5.41) is 26.0. The number of nitrogens with one attached hydrogen (secondary N) is 3. The molecule has 0 spiro atoms. The molecule has 0 saturated heterocycles. The molecular weight excluding hydrogens is 514 g/mol. The zero-order valence-corrected chi connectivity index (χ0v) is 22.3. The van der Waals surface area contributed by atoms with Gasteiger partial charge >= 0.3 is 11.9 Å². The standard InChI is InChI=1S/C23H45N9O7/c24-11-3-1-6-14(26)19(35)30-15(7-2-4-12-25)20(36)31-16(9-10-18(33)34)21(37)32-17(22(38)39)8-5-13-29-23(27)28/h14-17H,1-13,24-26H2,(H,30,35)(H,31,36)(H,32,37)(H,33,34)(H,38,39)(H4,27,28,29). The van der Waals surface area contributed by atoms with E-state index in [1.165, 1.54) is 0 Å². The molecule has 0 radical (unpaired) electrons. The smallest absolute Gasteiger partial charge is 0.326 e. The van der Waals surface area contributed by atoms with Gasteiger partial charge in [0.1, 0.15) is 18.1 Å². The third-order valence-electron chi connectivity index (χ3n) is 5.73. The Morgan fingerprint density at radius 1 is 0.667 bits per heavy atom. The van der Waals surface area contributed by atoms with Crippen LogP contribution in [0.3, 0.4) is 0 Å². The number of hydrogen-bond donors (Lipinski definition) is 10. The van der Waals surface area contributed by atoms with E-state index in [2.05, 4.69) is 20.9 Å². The van der Waals surface area contributed by atoms with E-state index in [1.807, 2.05) is 0 Å². The Balaban J connectivity index is 5.52. The van der Waals surface area contributed by atoms with Crippen LogP contribution < -0.4 is 44.6 Å². The zero-order chi connectivity index (χ0) is 29.8. The van der Waals surface area contributed by atoms with Crippen molar-refractivity contribution in [1.29, 1.82) is 0 Å². The summed E-state index contributed by atoms with van der Waals surface area (Å²) in [7, 11) is 0. The molecule has 0 heterocycles. The number of carbonyl (C=O) groups excluding carboxylic acids is 3. The minimum absolute atomic E-state index is 0.0166. The van der Waals surface area contributed by atoms with E-state index in [-0.39, 0.29) is 38.2 Å². The highest BCUT2D eigenvalue weighted by Crippen LogP contribution is 2.07. The number of carboxylic acid groups (broad SMARTS) is 2. The number of hydrogen-bond acceptors (Lipinski definition) is 9. The summed E-state index contributed by atoms with van der Waals surface area (Å²) < 4.78 is 0. The molecule has 0 rings (SSSR count). The zero-order valence-electron chi connectivity index (χ0n) is 22.3. The van der Waals surface area contributed by atoms with Crippen LogP contribution in [0.1, 0.15) is 64.2 Å². The maximum Gasteiger partial charge on any atom is 0.326 e. The van der Waals surface area contributed by atoms with Crippen LogP contribution in [0.2, 0.25) is 0 Å². The second kappa shape index (κ2) is 20.5. The number of amides is 3. The average molecular weight is 560 g/mol. The molecule has 0 saturated carbocycles. The molecule has 0 aliphatic heterocycles. The first-order chi connectivity index (χ1) is 18.4.